The SMILES string of the molecule is C[Si](C)(C)OC(=O)CNc1ccccc1[Si](C)(C)C. The molecule has 1 aromatic carbocycles. The summed E-state index contributed by atoms with van der Waals surface area (Å²) in [4.78, 5) is 11.8. The number of hydrogen-bond acceptors (Lipinski definition) is 3. The first-order chi connectivity index (χ1) is 8.59. The number of rotatable bonds is 5. The molecule has 0 aliphatic carbocycles. The second kappa shape index (κ2) is 5.92. The lowest BCUT2D eigenvalue weighted by Crippen LogP contribution is -2.40. The quantitative estimate of drug-likeness (QED) is 0.849. The maximum absolute atomic E-state index is 11.8. The van der Waals surface area contributed by atoms with Gasteiger partial charge in [0.25, 0.3) is 0 Å². The lowest BCUT2D eigenvalue weighted by Gasteiger charge is -2.22. The largest absolute Gasteiger partial charge is 0.519 e. The number of nitrogens with one attached hydrogen (secondary N) is 1. The Morgan fingerprint density at radius 1 is 1.11 bits per heavy atom. The van der Waals surface area contributed by atoms with Crippen molar-refractivity contribution < 1.29 is 9.22 Å². The molecule has 3 nitrogen and oxygen atoms in total. The van der Waals surface area contributed by atoms with Crippen LogP contribution in [0.2, 0.25) is 39.3 Å². The molecule has 106 valence electrons. The number of benzene rings is 1. The first-order valence-electron chi connectivity index (χ1n) is 6.65. The van der Waals surface area contributed by atoms with Crippen molar-refractivity contribution >= 4 is 33.2 Å². The molecule has 1 N–H and O–H groups in total. The van der Waals surface area contributed by atoms with Gasteiger partial charge in [0, 0.05) is 5.69 Å². The molecule has 0 fully saturated rings. The lowest BCUT2D eigenvalue weighted by atomic mass is 10.3. The van der Waals surface area contributed by atoms with E-state index in [1.807, 2.05) is 31.8 Å². The highest BCUT2D eigenvalue weighted by molar-refractivity contribution is 6.89. The Balaban J connectivity index is 2.71. The van der Waals surface area contributed by atoms with Crippen molar-refractivity contribution in [2.24, 2.45) is 0 Å². The number of hydrogen-bond donors (Lipinski definition) is 1. The average molecular weight is 296 g/mol. The molecule has 1 rings (SSSR count). The molecule has 0 unspecified atom stereocenters. The molecular weight excluding hydrogens is 270 g/mol. The van der Waals surface area contributed by atoms with Gasteiger partial charge in [-0.3, -0.25) is 4.79 Å². The van der Waals surface area contributed by atoms with E-state index in [2.05, 4.69) is 37.1 Å². The van der Waals surface area contributed by atoms with Crippen molar-refractivity contribution in [3.8, 4) is 0 Å². The van der Waals surface area contributed by atoms with Gasteiger partial charge in [0.2, 0.25) is 8.32 Å². The van der Waals surface area contributed by atoms with Crippen molar-refractivity contribution in [3.63, 3.8) is 0 Å². The summed E-state index contributed by atoms with van der Waals surface area (Å²) in [6, 6.07) is 8.24. The second-order valence-electron chi connectivity index (χ2n) is 6.74. The summed E-state index contributed by atoms with van der Waals surface area (Å²) < 4.78 is 5.43. The van der Waals surface area contributed by atoms with Gasteiger partial charge in [-0.05, 0) is 30.9 Å². The Hall–Kier alpha value is -1.08. The Kier molecular flexibility index (Phi) is 4.98. The van der Waals surface area contributed by atoms with E-state index in [9.17, 15) is 4.79 Å². The molecule has 0 aliphatic heterocycles. The van der Waals surface area contributed by atoms with Gasteiger partial charge < -0.3 is 9.74 Å². The van der Waals surface area contributed by atoms with Gasteiger partial charge in [0.15, 0.2) is 0 Å². The van der Waals surface area contributed by atoms with Crippen molar-refractivity contribution in [3.05, 3.63) is 24.3 Å². The molecule has 0 saturated heterocycles. The topological polar surface area (TPSA) is 38.3 Å². The molecule has 0 amide bonds. The van der Waals surface area contributed by atoms with E-state index in [0.29, 0.717) is 0 Å². The summed E-state index contributed by atoms with van der Waals surface area (Å²) in [6.45, 7) is 13.2. The summed E-state index contributed by atoms with van der Waals surface area (Å²) in [5, 5.41) is 4.57. The number of carbonyl (C=O) groups is 1. The summed E-state index contributed by atoms with van der Waals surface area (Å²) in [5.41, 5.74) is 1.06. The van der Waals surface area contributed by atoms with Crippen molar-refractivity contribution in [2.75, 3.05) is 11.9 Å². The lowest BCUT2D eigenvalue weighted by molar-refractivity contribution is -0.133. The molecule has 0 spiro atoms. The maximum Gasteiger partial charge on any atom is 0.312 e. The fourth-order valence-corrected chi connectivity index (χ4v) is 4.17. The monoisotopic (exact) mass is 295 g/mol. The summed E-state index contributed by atoms with van der Waals surface area (Å²) in [6.07, 6.45) is 0. The highest BCUT2D eigenvalue weighted by Gasteiger charge is 2.22. The van der Waals surface area contributed by atoms with Crippen LogP contribution in [0.25, 0.3) is 0 Å². The van der Waals surface area contributed by atoms with Gasteiger partial charge >= 0.3 is 5.97 Å². The Morgan fingerprint density at radius 2 is 1.68 bits per heavy atom. The van der Waals surface area contributed by atoms with Crippen molar-refractivity contribution in [2.45, 2.75) is 39.3 Å². The number of anilines is 1. The molecule has 0 heterocycles. The highest BCUT2D eigenvalue weighted by Crippen LogP contribution is 2.12. The normalized spacial score (nSPS) is 12.1. The van der Waals surface area contributed by atoms with E-state index in [0.717, 1.165) is 5.69 Å². The van der Waals surface area contributed by atoms with Crippen LogP contribution in [0, 0.1) is 0 Å². The average Bonchev–Trinajstić information content (AvgIpc) is 2.23. The molecule has 0 saturated carbocycles. The van der Waals surface area contributed by atoms with Gasteiger partial charge in [-0.1, -0.05) is 37.8 Å². The molecule has 19 heavy (non-hydrogen) atoms. The van der Waals surface area contributed by atoms with Crippen LogP contribution >= 0.6 is 0 Å². The third kappa shape index (κ3) is 5.61. The third-order valence-corrected chi connectivity index (χ3v) is 5.47. The van der Waals surface area contributed by atoms with Crippen molar-refractivity contribution in [1.82, 2.24) is 0 Å². The molecule has 0 radical (unpaired) electrons. The van der Waals surface area contributed by atoms with Gasteiger partial charge in [0.05, 0.1) is 8.07 Å². The van der Waals surface area contributed by atoms with Crippen molar-refractivity contribution in [1.29, 1.82) is 0 Å². The Labute approximate surface area is 118 Å². The molecule has 5 heteroatoms. The standard InChI is InChI=1S/C14H25NO2Si2/c1-18(2,3)13-10-8-7-9-12(13)15-11-14(16)17-19(4,5)6/h7-10,15H,11H2,1-6H3. The van der Waals surface area contributed by atoms with E-state index >= 15 is 0 Å². The van der Waals surface area contributed by atoms with Crippen LogP contribution in [0.5, 0.6) is 0 Å². The minimum atomic E-state index is -1.79. The van der Waals surface area contributed by atoms with Gasteiger partial charge in [0.1, 0.15) is 6.54 Å². The highest BCUT2D eigenvalue weighted by atomic mass is 28.4. The molecular formula is C14H25NO2Si2. The molecule has 0 atom stereocenters. The summed E-state index contributed by atoms with van der Waals surface area (Å²) in [7, 11) is -3.19. The van der Waals surface area contributed by atoms with Crippen LogP contribution in [0.15, 0.2) is 24.3 Å². The second-order valence-corrected chi connectivity index (χ2v) is 16.2. The molecule has 1 aromatic rings. The zero-order valence-electron chi connectivity index (χ0n) is 12.8. The Morgan fingerprint density at radius 3 is 2.21 bits per heavy atom. The fourth-order valence-electron chi connectivity index (χ4n) is 1.84. The fraction of sp³-hybridized carbons (Fsp3) is 0.500. The van der Waals surface area contributed by atoms with Crippen LogP contribution in [-0.4, -0.2) is 28.9 Å². The Bertz CT molecular complexity index is 447. The minimum absolute atomic E-state index is 0.162. The van der Waals surface area contributed by atoms with E-state index in [1.165, 1.54) is 5.19 Å². The molecule has 0 bridgehead atoms. The summed E-state index contributed by atoms with van der Waals surface area (Å²) >= 11 is 0. The predicted molar refractivity (Wildman–Crippen MR) is 87.3 cm³/mol. The van der Waals surface area contributed by atoms with Crippen LogP contribution in [-0.2, 0) is 9.22 Å². The van der Waals surface area contributed by atoms with Gasteiger partial charge in [-0.15, -0.1) is 0 Å². The van der Waals surface area contributed by atoms with Gasteiger partial charge in [-0.2, -0.15) is 0 Å². The first-order valence-corrected chi connectivity index (χ1v) is 13.6. The summed E-state index contributed by atoms with van der Waals surface area (Å²) in [5.74, 6) is -0.162. The van der Waals surface area contributed by atoms with Gasteiger partial charge in [-0.25, -0.2) is 0 Å². The number of carbonyl (C=O) groups excluding carboxylic acids is 1. The van der Waals surface area contributed by atoms with E-state index in [4.69, 9.17) is 4.43 Å². The first kappa shape index (κ1) is 16.0. The van der Waals surface area contributed by atoms with Crippen LogP contribution in [0.3, 0.4) is 0 Å². The molecule has 0 aliphatic rings. The predicted octanol–water partition coefficient (Wildman–Crippen LogP) is 3.02. The van der Waals surface area contributed by atoms with Crippen LogP contribution < -0.4 is 10.5 Å². The molecule has 0 aromatic heterocycles. The maximum atomic E-state index is 11.8. The van der Waals surface area contributed by atoms with E-state index in [-0.39, 0.29) is 12.5 Å². The van der Waals surface area contributed by atoms with E-state index in [1.54, 1.807) is 0 Å². The zero-order valence-corrected chi connectivity index (χ0v) is 14.8. The minimum Gasteiger partial charge on any atom is -0.519 e. The van der Waals surface area contributed by atoms with Crippen LogP contribution in [0.1, 0.15) is 0 Å². The van der Waals surface area contributed by atoms with Crippen LogP contribution in [0.4, 0.5) is 5.69 Å². The van der Waals surface area contributed by atoms with E-state index < -0.39 is 16.4 Å². The zero-order chi connectivity index (χ0) is 14.7. The smallest absolute Gasteiger partial charge is 0.312 e. The number of para-hydroxylation sites is 1. The third-order valence-electron chi connectivity index (χ3n) is 2.58.